The van der Waals surface area contributed by atoms with E-state index < -0.39 is 5.56 Å². The van der Waals surface area contributed by atoms with E-state index in [-0.39, 0.29) is 22.6 Å². The number of nitrogen functional groups attached to an aromatic ring is 1. The molecule has 0 fully saturated rings. The second kappa shape index (κ2) is 4.29. The van der Waals surface area contributed by atoms with Crippen molar-refractivity contribution in [1.82, 2.24) is 25.0 Å². The van der Waals surface area contributed by atoms with Gasteiger partial charge in [0.1, 0.15) is 16.7 Å². The van der Waals surface area contributed by atoms with Crippen LogP contribution in [0.3, 0.4) is 0 Å². The summed E-state index contributed by atoms with van der Waals surface area (Å²) < 4.78 is 1.36. The maximum absolute atomic E-state index is 11.9. The Bertz CT molecular complexity index is 1080. The predicted octanol–water partition coefficient (Wildman–Crippen LogP) is 0.945. The highest BCUT2D eigenvalue weighted by molar-refractivity contribution is 5.92. The molecule has 0 unspecified atom stereocenters. The number of hydrogen-bond donors (Lipinski definition) is 3. The third-order valence-corrected chi connectivity index (χ3v) is 3.44. The minimum absolute atomic E-state index is 0.141. The van der Waals surface area contributed by atoms with Gasteiger partial charge in [0.2, 0.25) is 0 Å². The highest BCUT2D eigenvalue weighted by Gasteiger charge is 2.17. The number of rotatable bonds is 1. The number of anilines is 1. The van der Waals surface area contributed by atoms with Crippen molar-refractivity contribution in [1.29, 1.82) is 0 Å². The number of fused-ring (bicyclic) bond motifs is 2. The molecule has 0 spiro atoms. The van der Waals surface area contributed by atoms with Crippen LogP contribution in [-0.4, -0.2) is 30.1 Å². The molecule has 0 saturated carbocycles. The van der Waals surface area contributed by atoms with Gasteiger partial charge in [-0.15, -0.1) is 5.10 Å². The largest absolute Gasteiger partial charge is 0.494 e. The molecule has 0 aliphatic carbocycles. The summed E-state index contributed by atoms with van der Waals surface area (Å²) in [5.74, 6) is 0.291. The Labute approximate surface area is 122 Å². The summed E-state index contributed by atoms with van der Waals surface area (Å²) in [7, 11) is 0. The Morgan fingerprint density at radius 3 is 2.95 bits per heavy atom. The lowest BCUT2D eigenvalue weighted by atomic mass is 10.2. The molecule has 1 aromatic carbocycles. The van der Waals surface area contributed by atoms with Gasteiger partial charge in [-0.25, -0.2) is 0 Å². The summed E-state index contributed by atoms with van der Waals surface area (Å²) in [4.78, 5) is 14.2. The summed E-state index contributed by atoms with van der Waals surface area (Å²) in [6.45, 7) is 0. The second-order valence-electron chi connectivity index (χ2n) is 4.80. The number of nitrogens with two attached hydrogens (primary N) is 1. The van der Waals surface area contributed by atoms with Crippen LogP contribution in [0.15, 0.2) is 41.3 Å². The van der Waals surface area contributed by atoms with Crippen LogP contribution in [0.1, 0.15) is 0 Å². The molecule has 108 valence electrons. The third-order valence-electron chi connectivity index (χ3n) is 3.44. The molecular formula is C14H10N6O2. The first kappa shape index (κ1) is 12.3. The van der Waals surface area contributed by atoms with Gasteiger partial charge < -0.3 is 10.8 Å². The summed E-state index contributed by atoms with van der Waals surface area (Å²) in [5.41, 5.74) is 5.82. The molecular weight excluding hydrogens is 284 g/mol. The van der Waals surface area contributed by atoms with Gasteiger partial charge in [-0.1, -0.05) is 24.3 Å². The lowest BCUT2D eigenvalue weighted by Gasteiger charge is -2.05. The number of aromatic nitrogens is 5. The van der Waals surface area contributed by atoms with E-state index in [0.29, 0.717) is 5.82 Å². The maximum Gasteiger partial charge on any atom is 0.263 e. The van der Waals surface area contributed by atoms with Gasteiger partial charge in [-0.2, -0.15) is 14.9 Å². The van der Waals surface area contributed by atoms with E-state index in [2.05, 4.69) is 20.3 Å². The number of nitrogens with one attached hydrogen (secondary N) is 1. The lowest BCUT2D eigenvalue weighted by Crippen LogP contribution is -2.09. The summed E-state index contributed by atoms with van der Waals surface area (Å²) in [6.07, 6.45) is 1.64. The molecule has 0 saturated heterocycles. The zero-order chi connectivity index (χ0) is 15.3. The third kappa shape index (κ3) is 1.64. The molecule has 4 rings (SSSR count). The molecule has 3 aromatic heterocycles. The average molecular weight is 294 g/mol. The Morgan fingerprint density at radius 2 is 2.09 bits per heavy atom. The van der Waals surface area contributed by atoms with Crippen molar-refractivity contribution in [2.45, 2.75) is 0 Å². The number of aromatic hydroxyl groups is 1. The Balaban J connectivity index is 2.11. The Morgan fingerprint density at radius 1 is 1.27 bits per heavy atom. The van der Waals surface area contributed by atoms with Crippen LogP contribution in [0.4, 0.5) is 5.82 Å². The number of benzene rings is 1. The normalized spacial score (nSPS) is 11.3. The van der Waals surface area contributed by atoms with Crippen molar-refractivity contribution in [3.63, 3.8) is 0 Å². The molecule has 8 heteroatoms. The summed E-state index contributed by atoms with van der Waals surface area (Å²) in [6, 6.07) is 8.85. The smallest absolute Gasteiger partial charge is 0.263 e. The first-order valence-electron chi connectivity index (χ1n) is 6.46. The van der Waals surface area contributed by atoms with E-state index >= 15 is 0 Å². The molecule has 3 heterocycles. The fourth-order valence-electron chi connectivity index (χ4n) is 2.46. The lowest BCUT2D eigenvalue weighted by molar-refractivity contribution is 0.453. The van der Waals surface area contributed by atoms with E-state index in [1.807, 2.05) is 24.3 Å². The molecule has 0 amide bonds. The quantitative estimate of drug-likeness (QED) is 0.480. The van der Waals surface area contributed by atoms with Crippen molar-refractivity contribution < 1.29 is 5.11 Å². The van der Waals surface area contributed by atoms with E-state index in [1.165, 1.54) is 10.7 Å². The maximum atomic E-state index is 11.9. The number of pyridine rings is 1. The molecule has 22 heavy (non-hydrogen) atoms. The van der Waals surface area contributed by atoms with Crippen LogP contribution >= 0.6 is 0 Å². The Kier molecular flexibility index (Phi) is 2.40. The molecule has 4 aromatic rings. The highest BCUT2D eigenvalue weighted by Crippen LogP contribution is 2.25. The average Bonchev–Trinajstić information content (AvgIpc) is 2.83. The van der Waals surface area contributed by atoms with Gasteiger partial charge >= 0.3 is 0 Å². The van der Waals surface area contributed by atoms with Crippen LogP contribution in [0.2, 0.25) is 0 Å². The van der Waals surface area contributed by atoms with Crippen molar-refractivity contribution in [2.75, 3.05) is 5.73 Å². The molecule has 0 aliphatic heterocycles. The van der Waals surface area contributed by atoms with Crippen LogP contribution in [0.25, 0.3) is 27.5 Å². The van der Waals surface area contributed by atoms with Gasteiger partial charge in [0.05, 0.1) is 6.20 Å². The predicted molar refractivity (Wildman–Crippen MR) is 80.9 cm³/mol. The van der Waals surface area contributed by atoms with Crippen molar-refractivity contribution >= 4 is 27.5 Å². The van der Waals surface area contributed by atoms with Crippen LogP contribution in [-0.2, 0) is 0 Å². The van der Waals surface area contributed by atoms with Crippen LogP contribution in [0.5, 0.6) is 5.88 Å². The SMILES string of the molecule is Nc1c2c(=O)[nH]c(O)cc2nn1-c1nncc2ccccc12. The molecule has 0 radical (unpaired) electrons. The minimum Gasteiger partial charge on any atom is -0.494 e. The molecule has 8 nitrogen and oxygen atoms in total. The Hall–Kier alpha value is -3.42. The standard InChI is InChI=1S/C14H10N6O2/c15-12-11-9(5-10(21)17-14(11)22)19-20(12)13-8-4-2-1-3-7(8)6-16-18-13/h1-6,21H,15H2,(H,17,22). The number of aromatic amines is 1. The molecule has 0 aliphatic rings. The first-order chi connectivity index (χ1) is 10.6. The fraction of sp³-hybridized carbons (Fsp3) is 0. The van der Waals surface area contributed by atoms with Gasteiger partial charge in [0.15, 0.2) is 11.7 Å². The van der Waals surface area contributed by atoms with Gasteiger partial charge in [-0.05, 0) is 0 Å². The van der Waals surface area contributed by atoms with Crippen molar-refractivity contribution in [2.24, 2.45) is 0 Å². The topological polar surface area (TPSA) is 123 Å². The van der Waals surface area contributed by atoms with E-state index in [1.54, 1.807) is 6.20 Å². The van der Waals surface area contributed by atoms with Crippen LogP contribution in [0, 0.1) is 0 Å². The van der Waals surface area contributed by atoms with Crippen molar-refractivity contribution in [3.05, 3.63) is 46.9 Å². The second-order valence-corrected chi connectivity index (χ2v) is 4.80. The molecule has 0 atom stereocenters. The fourth-order valence-corrected chi connectivity index (χ4v) is 2.46. The molecule has 4 N–H and O–H groups in total. The van der Waals surface area contributed by atoms with Gasteiger partial charge in [0.25, 0.3) is 5.56 Å². The zero-order valence-corrected chi connectivity index (χ0v) is 11.2. The van der Waals surface area contributed by atoms with Crippen molar-refractivity contribution in [3.8, 4) is 11.7 Å². The first-order valence-corrected chi connectivity index (χ1v) is 6.46. The molecule has 0 bridgehead atoms. The summed E-state index contributed by atoms with van der Waals surface area (Å²) in [5, 5.41) is 23.6. The van der Waals surface area contributed by atoms with Crippen LogP contribution < -0.4 is 11.3 Å². The number of nitrogens with zero attached hydrogens (tertiary/aromatic N) is 4. The number of H-pyrrole nitrogens is 1. The summed E-state index contributed by atoms with van der Waals surface area (Å²) >= 11 is 0. The highest BCUT2D eigenvalue weighted by atomic mass is 16.3. The zero-order valence-electron chi connectivity index (χ0n) is 11.2. The monoisotopic (exact) mass is 294 g/mol. The van der Waals surface area contributed by atoms with E-state index in [0.717, 1.165) is 10.8 Å². The minimum atomic E-state index is -0.507. The van der Waals surface area contributed by atoms with Gasteiger partial charge in [0, 0.05) is 16.8 Å². The van der Waals surface area contributed by atoms with E-state index in [9.17, 15) is 9.90 Å². The number of hydrogen-bond acceptors (Lipinski definition) is 6. The van der Waals surface area contributed by atoms with Gasteiger partial charge in [-0.3, -0.25) is 9.78 Å². The van der Waals surface area contributed by atoms with E-state index in [4.69, 9.17) is 5.73 Å².